The second kappa shape index (κ2) is 10.8. The van der Waals surface area contributed by atoms with E-state index in [0.29, 0.717) is 11.4 Å². The van der Waals surface area contributed by atoms with Crippen LogP contribution in [0.15, 0.2) is 121 Å². The smallest absolute Gasteiger partial charge is 0.129 e. The Bertz CT molecular complexity index is 1480. The normalized spacial score (nSPS) is 11.7. The zero-order valence-electron chi connectivity index (χ0n) is 23.5. The van der Waals surface area contributed by atoms with Crippen molar-refractivity contribution >= 4 is 11.4 Å². The van der Waals surface area contributed by atoms with Gasteiger partial charge in [-0.15, -0.1) is 0 Å². The lowest BCUT2D eigenvalue weighted by atomic mass is 9.68. The van der Waals surface area contributed by atoms with Crippen LogP contribution in [0, 0.1) is 0 Å². The maximum atomic E-state index is 6.02. The highest BCUT2D eigenvalue weighted by atomic mass is 16.5. The van der Waals surface area contributed by atoms with Gasteiger partial charge in [0, 0.05) is 34.3 Å². The van der Waals surface area contributed by atoms with E-state index < -0.39 is 0 Å². The fourth-order valence-electron chi connectivity index (χ4n) is 5.19. The van der Waals surface area contributed by atoms with Crippen molar-refractivity contribution in [1.82, 2.24) is 0 Å². The molecule has 0 aliphatic carbocycles. The number of hydrogen-bond donors (Lipinski definition) is 2. The van der Waals surface area contributed by atoms with Crippen molar-refractivity contribution in [2.45, 2.75) is 38.5 Å². The van der Waals surface area contributed by atoms with Crippen molar-refractivity contribution in [2.75, 3.05) is 11.5 Å². The third-order valence-corrected chi connectivity index (χ3v) is 7.61. The molecule has 0 unspecified atom stereocenters. The molecular formula is C36H36N2O2. The number of anilines is 2. The van der Waals surface area contributed by atoms with Crippen LogP contribution < -0.4 is 20.9 Å². The van der Waals surface area contributed by atoms with Crippen LogP contribution in [0.4, 0.5) is 11.4 Å². The van der Waals surface area contributed by atoms with Gasteiger partial charge in [0.25, 0.3) is 0 Å². The van der Waals surface area contributed by atoms with Crippen LogP contribution in [0.25, 0.3) is 0 Å². The highest BCUT2D eigenvalue weighted by Gasteiger charge is 2.32. The summed E-state index contributed by atoms with van der Waals surface area (Å²) in [7, 11) is 0. The van der Waals surface area contributed by atoms with E-state index in [4.69, 9.17) is 20.9 Å². The Labute approximate surface area is 237 Å². The molecule has 202 valence electrons. The average Bonchev–Trinajstić information content (AvgIpc) is 2.94. The number of hydrogen-bond acceptors (Lipinski definition) is 4. The van der Waals surface area contributed by atoms with Gasteiger partial charge in [-0.2, -0.15) is 0 Å². The van der Waals surface area contributed by atoms with E-state index in [1.807, 2.05) is 72.8 Å². The molecule has 0 aliphatic heterocycles. The van der Waals surface area contributed by atoms with E-state index in [1.54, 1.807) is 0 Å². The summed E-state index contributed by atoms with van der Waals surface area (Å²) < 4.78 is 12.0. The minimum atomic E-state index is -0.236. The molecule has 0 atom stereocenters. The first kappa shape index (κ1) is 26.9. The first-order valence-corrected chi connectivity index (χ1v) is 13.5. The van der Waals surface area contributed by atoms with E-state index in [9.17, 15) is 0 Å². The Morgan fingerprint density at radius 2 is 0.800 bits per heavy atom. The Hall–Kier alpha value is -4.70. The van der Waals surface area contributed by atoms with Crippen molar-refractivity contribution in [3.63, 3.8) is 0 Å². The van der Waals surface area contributed by atoms with Crippen LogP contribution in [0.2, 0.25) is 0 Å². The first-order chi connectivity index (χ1) is 19.1. The monoisotopic (exact) mass is 528 g/mol. The van der Waals surface area contributed by atoms with Gasteiger partial charge in [-0.05, 0) is 70.8 Å². The second-order valence-electron chi connectivity index (χ2n) is 11.2. The van der Waals surface area contributed by atoms with Gasteiger partial charge in [0.1, 0.15) is 23.0 Å². The highest BCUT2D eigenvalue weighted by molar-refractivity contribution is 5.51. The number of nitrogens with two attached hydrogens (primary N) is 2. The van der Waals surface area contributed by atoms with Gasteiger partial charge in [-0.25, -0.2) is 0 Å². The van der Waals surface area contributed by atoms with Crippen LogP contribution >= 0.6 is 0 Å². The standard InChI is InChI=1S/C36H36N2O2/c1-35(2,25-15-19-29(20-16-25)39-31-11-7-9-27(37)23-31)33-13-5-6-14-34(33)36(3,4)26-17-21-30(22-18-26)40-32-12-8-10-28(38)24-32/h5-24H,37-38H2,1-4H3. The van der Waals surface area contributed by atoms with Gasteiger partial charge in [0.15, 0.2) is 0 Å². The Morgan fingerprint density at radius 1 is 0.425 bits per heavy atom. The maximum absolute atomic E-state index is 6.02. The lowest BCUT2D eigenvalue weighted by molar-refractivity contribution is 0.481. The molecule has 0 saturated carbocycles. The van der Waals surface area contributed by atoms with E-state index in [-0.39, 0.29) is 10.8 Å². The Balaban J connectivity index is 1.40. The fraction of sp³-hybridized carbons (Fsp3) is 0.167. The minimum Gasteiger partial charge on any atom is -0.457 e. The largest absolute Gasteiger partial charge is 0.457 e. The van der Waals surface area contributed by atoms with Gasteiger partial charge in [-0.1, -0.05) is 88.4 Å². The zero-order valence-corrected chi connectivity index (χ0v) is 23.5. The molecular weight excluding hydrogens is 492 g/mol. The van der Waals surface area contributed by atoms with Crippen LogP contribution in [-0.2, 0) is 10.8 Å². The topological polar surface area (TPSA) is 70.5 Å². The minimum absolute atomic E-state index is 0.236. The zero-order chi connectivity index (χ0) is 28.3. The molecule has 0 spiro atoms. The van der Waals surface area contributed by atoms with E-state index >= 15 is 0 Å². The molecule has 0 radical (unpaired) electrons. The Morgan fingerprint density at radius 3 is 1.15 bits per heavy atom. The van der Waals surface area contributed by atoms with Crippen molar-refractivity contribution in [3.05, 3.63) is 144 Å². The molecule has 5 aromatic carbocycles. The van der Waals surface area contributed by atoms with Crippen molar-refractivity contribution < 1.29 is 9.47 Å². The maximum Gasteiger partial charge on any atom is 0.129 e. The molecule has 5 rings (SSSR count). The molecule has 0 heterocycles. The molecule has 5 aromatic rings. The van der Waals surface area contributed by atoms with E-state index in [0.717, 1.165) is 23.0 Å². The second-order valence-corrected chi connectivity index (χ2v) is 11.2. The highest BCUT2D eigenvalue weighted by Crippen LogP contribution is 2.42. The molecule has 0 aliphatic rings. The van der Waals surface area contributed by atoms with Gasteiger partial charge in [0.05, 0.1) is 0 Å². The van der Waals surface area contributed by atoms with Crippen LogP contribution in [-0.4, -0.2) is 0 Å². The summed E-state index contributed by atoms with van der Waals surface area (Å²) in [4.78, 5) is 0. The predicted molar refractivity (Wildman–Crippen MR) is 165 cm³/mol. The fourth-order valence-corrected chi connectivity index (χ4v) is 5.19. The van der Waals surface area contributed by atoms with Gasteiger partial charge in [0.2, 0.25) is 0 Å². The molecule has 4 nitrogen and oxygen atoms in total. The van der Waals surface area contributed by atoms with Crippen molar-refractivity contribution in [3.8, 4) is 23.0 Å². The summed E-state index contributed by atoms with van der Waals surface area (Å²) in [6, 6.07) is 40.3. The summed E-state index contributed by atoms with van der Waals surface area (Å²) >= 11 is 0. The van der Waals surface area contributed by atoms with Crippen LogP contribution in [0.5, 0.6) is 23.0 Å². The summed E-state index contributed by atoms with van der Waals surface area (Å²) in [6.45, 7) is 9.10. The molecule has 4 N–H and O–H groups in total. The summed E-state index contributed by atoms with van der Waals surface area (Å²) in [6.07, 6.45) is 0. The van der Waals surface area contributed by atoms with Gasteiger partial charge >= 0.3 is 0 Å². The number of ether oxygens (including phenoxy) is 2. The number of nitrogen functional groups attached to an aromatic ring is 2. The SMILES string of the molecule is CC(C)(c1ccc(Oc2cccc(N)c2)cc1)c1ccccc1C(C)(C)c1ccc(Oc2cccc(N)c2)cc1. The molecule has 0 amide bonds. The third-order valence-electron chi connectivity index (χ3n) is 7.61. The molecule has 0 fully saturated rings. The summed E-state index contributed by atoms with van der Waals surface area (Å²) in [5, 5.41) is 0. The number of rotatable bonds is 8. The van der Waals surface area contributed by atoms with Crippen LogP contribution in [0.1, 0.15) is 49.9 Å². The first-order valence-electron chi connectivity index (χ1n) is 13.5. The summed E-state index contributed by atoms with van der Waals surface area (Å²) in [5.74, 6) is 3.00. The quantitative estimate of drug-likeness (QED) is 0.197. The number of benzene rings is 5. The summed E-state index contributed by atoms with van der Waals surface area (Å²) in [5.41, 5.74) is 17.7. The molecule has 40 heavy (non-hydrogen) atoms. The van der Waals surface area contributed by atoms with E-state index in [2.05, 4.69) is 76.2 Å². The predicted octanol–water partition coefficient (Wildman–Crippen LogP) is 9.09. The Kier molecular flexibility index (Phi) is 7.27. The molecule has 0 aromatic heterocycles. The van der Waals surface area contributed by atoms with Crippen molar-refractivity contribution in [2.24, 2.45) is 0 Å². The van der Waals surface area contributed by atoms with E-state index in [1.165, 1.54) is 22.3 Å². The molecule has 4 heteroatoms. The lowest BCUT2D eigenvalue weighted by Gasteiger charge is -2.35. The third kappa shape index (κ3) is 5.67. The lowest BCUT2D eigenvalue weighted by Crippen LogP contribution is -2.28. The van der Waals surface area contributed by atoms with Gasteiger partial charge < -0.3 is 20.9 Å². The average molecular weight is 529 g/mol. The van der Waals surface area contributed by atoms with Crippen LogP contribution in [0.3, 0.4) is 0 Å². The van der Waals surface area contributed by atoms with Crippen molar-refractivity contribution in [1.29, 1.82) is 0 Å². The molecule has 0 saturated heterocycles. The molecule has 0 bridgehead atoms. The van der Waals surface area contributed by atoms with Gasteiger partial charge in [-0.3, -0.25) is 0 Å².